The molecule has 2 aromatic rings. The van der Waals surface area contributed by atoms with Gasteiger partial charge in [0, 0.05) is 38.6 Å². The maximum Gasteiger partial charge on any atom is 0.227 e. The quantitative estimate of drug-likeness (QED) is 0.846. The minimum atomic E-state index is 0.0453. The second-order valence-electron chi connectivity index (χ2n) is 7.12. The molecule has 3 heterocycles. The van der Waals surface area contributed by atoms with Crippen LogP contribution < -0.4 is 4.90 Å². The first-order valence-corrected chi connectivity index (χ1v) is 9.10. The molecular weight excluding hydrogens is 312 g/mol. The molecule has 2 aliphatic heterocycles. The molecule has 0 radical (unpaired) electrons. The summed E-state index contributed by atoms with van der Waals surface area (Å²) in [6, 6.07) is 8.46. The molecule has 1 saturated heterocycles. The zero-order valence-corrected chi connectivity index (χ0v) is 14.7. The highest BCUT2D eigenvalue weighted by Gasteiger charge is 2.31. The van der Waals surface area contributed by atoms with Crippen molar-refractivity contribution in [2.24, 2.45) is 5.92 Å². The normalized spacial score (nSPS) is 20.3. The van der Waals surface area contributed by atoms with Gasteiger partial charge >= 0.3 is 0 Å². The Morgan fingerprint density at radius 1 is 1.12 bits per heavy atom. The number of nitrogens with zero attached hydrogens (tertiary/aromatic N) is 4. The number of carbonyl (C=O) groups is 1. The van der Waals surface area contributed by atoms with E-state index < -0.39 is 0 Å². The first kappa shape index (κ1) is 16.1. The van der Waals surface area contributed by atoms with Gasteiger partial charge in [-0.2, -0.15) is 0 Å². The number of aryl methyl sites for hydroxylation is 1. The van der Waals surface area contributed by atoms with Crippen molar-refractivity contribution < 1.29 is 4.79 Å². The van der Waals surface area contributed by atoms with E-state index in [0.717, 1.165) is 57.0 Å². The summed E-state index contributed by atoms with van der Waals surface area (Å²) in [4.78, 5) is 26.1. The molecule has 1 unspecified atom stereocenters. The number of rotatable bonds is 2. The molecule has 1 amide bonds. The van der Waals surface area contributed by atoms with Gasteiger partial charge in [-0.05, 0) is 42.9 Å². The lowest BCUT2D eigenvalue weighted by molar-refractivity contribution is -0.136. The van der Waals surface area contributed by atoms with Crippen LogP contribution in [0.3, 0.4) is 0 Å². The maximum absolute atomic E-state index is 13.1. The summed E-state index contributed by atoms with van der Waals surface area (Å²) in [6.07, 6.45) is 6.61. The highest BCUT2D eigenvalue weighted by atomic mass is 16.2. The van der Waals surface area contributed by atoms with Gasteiger partial charge in [-0.25, -0.2) is 9.97 Å². The summed E-state index contributed by atoms with van der Waals surface area (Å²) in [5, 5.41) is 0. The van der Waals surface area contributed by atoms with E-state index in [4.69, 9.17) is 0 Å². The molecule has 2 aliphatic rings. The van der Waals surface area contributed by atoms with Crippen LogP contribution in [0.25, 0.3) is 0 Å². The molecule has 0 aliphatic carbocycles. The predicted molar refractivity (Wildman–Crippen MR) is 97.3 cm³/mol. The van der Waals surface area contributed by atoms with E-state index in [9.17, 15) is 4.79 Å². The molecule has 4 rings (SSSR count). The van der Waals surface area contributed by atoms with Crippen LogP contribution in [0.1, 0.15) is 29.5 Å². The van der Waals surface area contributed by atoms with E-state index in [1.807, 2.05) is 24.2 Å². The van der Waals surface area contributed by atoms with Crippen molar-refractivity contribution in [3.63, 3.8) is 0 Å². The van der Waals surface area contributed by atoms with Crippen LogP contribution in [0.4, 0.5) is 5.95 Å². The van der Waals surface area contributed by atoms with Crippen molar-refractivity contribution in [2.75, 3.05) is 24.5 Å². The molecule has 1 atom stereocenters. The first-order valence-electron chi connectivity index (χ1n) is 9.10. The van der Waals surface area contributed by atoms with E-state index >= 15 is 0 Å². The topological polar surface area (TPSA) is 49.3 Å². The Bertz CT molecular complexity index is 759. The van der Waals surface area contributed by atoms with E-state index in [-0.39, 0.29) is 11.8 Å². The van der Waals surface area contributed by atoms with E-state index in [1.54, 1.807) is 0 Å². The molecule has 5 nitrogen and oxygen atoms in total. The molecule has 5 heteroatoms. The number of fused-ring (bicyclic) bond motifs is 1. The van der Waals surface area contributed by atoms with Gasteiger partial charge in [0.1, 0.15) is 0 Å². The van der Waals surface area contributed by atoms with Crippen LogP contribution in [0.5, 0.6) is 0 Å². The van der Waals surface area contributed by atoms with Crippen LogP contribution in [-0.2, 0) is 17.8 Å². The van der Waals surface area contributed by atoms with Crippen molar-refractivity contribution in [2.45, 2.75) is 32.7 Å². The van der Waals surface area contributed by atoms with Gasteiger partial charge in [0.15, 0.2) is 0 Å². The van der Waals surface area contributed by atoms with E-state index in [1.165, 1.54) is 11.1 Å². The molecule has 25 heavy (non-hydrogen) atoms. The zero-order valence-electron chi connectivity index (χ0n) is 14.7. The van der Waals surface area contributed by atoms with Crippen molar-refractivity contribution >= 4 is 11.9 Å². The number of benzene rings is 1. The number of carbonyl (C=O) groups excluding carboxylic acids is 1. The Hall–Kier alpha value is -2.43. The second kappa shape index (κ2) is 6.82. The molecule has 0 N–H and O–H groups in total. The summed E-state index contributed by atoms with van der Waals surface area (Å²) >= 11 is 0. The summed E-state index contributed by atoms with van der Waals surface area (Å²) in [5.74, 6) is 1.07. The minimum Gasteiger partial charge on any atom is -0.340 e. The fraction of sp³-hybridized carbons (Fsp3) is 0.450. The largest absolute Gasteiger partial charge is 0.340 e. The van der Waals surface area contributed by atoms with Crippen LogP contribution in [-0.4, -0.2) is 40.4 Å². The molecule has 1 fully saturated rings. The number of hydrogen-bond acceptors (Lipinski definition) is 4. The summed E-state index contributed by atoms with van der Waals surface area (Å²) < 4.78 is 0. The standard InChI is InChI=1S/C20H24N4O/c1-15-11-21-20(22-12-15)24-9-4-7-18(14-24)19(25)23-10-8-16-5-2-3-6-17(16)13-23/h2-3,5-6,11-12,18H,4,7-10,13-14H2,1H3. The lowest BCUT2D eigenvalue weighted by Crippen LogP contribution is -2.46. The molecule has 130 valence electrons. The Balaban J connectivity index is 1.44. The SMILES string of the molecule is Cc1cnc(N2CCCC(C(=O)N3CCc4ccccc4C3)C2)nc1. The number of aromatic nitrogens is 2. The number of amides is 1. The number of hydrogen-bond donors (Lipinski definition) is 0. The monoisotopic (exact) mass is 336 g/mol. The Kier molecular flexibility index (Phi) is 4.38. The predicted octanol–water partition coefficient (Wildman–Crippen LogP) is 2.59. The van der Waals surface area contributed by atoms with Crippen LogP contribution >= 0.6 is 0 Å². The van der Waals surface area contributed by atoms with Gasteiger partial charge in [0.2, 0.25) is 11.9 Å². The fourth-order valence-electron chi connectivity index (χ4n) is 3.85. The van der Waals surface area contributed by atoms with Crippen LogP contribution in [0, 0.1) is 12.8 Å². The highest BCUT2D eigenvalue weighted by molar-refractivity contribution is 5.80. The second-order valence-corrected chi connectivity index (χ2v) is 7.12. The minimum absolute atomic E-state index is 0.0453. The summed E-state index contributed by atoms with van der Waals surface area (Å²) in [5.41, 5.74) is 3.72. The molecule has 0 spiro atoms. The average molecular weight is 336 g/mol. The third-order valence-electron chi connectivity index (χ3n) is 5.26. The van der Waals surface area contributed by atoms with Gasteiger partial charge < -0.3 is 9.80 Å². The van der Waals surface area contributed by atoms with Crippen molar-refractivity contribution in [3.8, 4) is 0 Å². The maximum atomic E-state index is 13.1. The Labute approximate surface area is 148 Å². The number of piperidine rings is 1. The van der Waals surface area contributed by atoms with Crippen LogP contribution in [0.15, 0.2) is 36.7 Å². The van der Waals surface area contributed by atoms with Crippen molar-refractivity contribution in [1.82, 2.24) is 14.9 Å². The van der Waals surface area contributed by atoms with Gasteiger partial charge in [-0.3, -0.25) is 4.79 Å². The average Bonchev–Trinajstić information content (AvgIpc) is 2.68. The van der Waals surface area contributed by atoms with E-state index in [0.29, 0.717) is 0 Å². The smallest absolute Gasteiger partial charge is 0.227 e. The molecule has 0 bridgehead atoms. The molecule has 0 saturated carbocycles. The molecule has 1 aromatic carbocycles. The first-order chi connectivity index (χ1) is 12.2. The Morgan fingerprint density at radius 2 is 1.88 bits per heavy atom. The van der Waals surface area contributed by atoms with Gasteiger partial charge in [-0.1, -0.05) is 24.3 Å². The fourth-order valence-corrected chi connectivity index (χ4v) is 3.85. The third kappa shape index (κ3) is 3.36. The lowest BCUT2D eigenvalue weighted by Gasteiger charge is -2.36. The Morgan fingerprint density at radius 3 is 2.68 bits per heavy atom. The van der Waals surface area contributed by atoms with Crippen LogP contribution in [0.2, 0.25) is 0 Å². The van der Waals surface area contributed by atoms with Gasteiger partial charge in [-0.15, -0.1) is 0 Å². The van der Waals surface area contributed by atoms with Crippen molar-refractivity contribution in [1.29, 1.82) is 0 Å². The lowest BCUT2D eigenvalue weighted by atomic mass is 9.94. The summed E-state index contributed by atoms with van der Waals surface area (Å²) in [7, 11) is 0. The van der Waals surface area contributed by atoms with E-state index in [2.05, 4.69) is 39.1 Å². The molecular formula is C20H24N4O. The highest BCUT2D eigenvalue weighted by Crippen LogP contribution is 2.25. The van der Waals surface area contributed by atoms with Crippen molar-refractivity contribution in [3.05, 3.63) is 53.3 Å². The molecule has 1 aromatic heterocycles. The van der Waals surface area contributed by atoms with Gasteiger partial charge in [0.05, 0.1) is 5.92 Å². The van der Waals surface area contributed by atoms with Gasteiger partial charge in [0.25, 0.3) is 0 Å². The number of anilines is 1. The summed E-state index contributed by atoms with van der Waals surface area (Å²) in [6.45, 7) is 5.20. The zero-order chi connectivity index (χ0) is 17.2. The third-order valence-corrected chi connectivity index (χ3v) is 5.26.